The Morgan fingerprint density at radius 2 is 1.70 bits per heavy atom. The third-order valence-electron chi connectivity index (χ3n) is 3.14. The Morgan fingerprint density at radius 3 is 2.45 bits per heavy atom. The zero-order chi connectivity index (χ0) is 13.9. The fourth-order valence-electron chi connectivity index (χ4n) is 2.08. The molecular formula is C16H13IN2O. The van der Waals surface area contributed by atoms with Crippen molar-refractivity contribution in [3.63, 3.8) is 0 Å². The number of nitrogens with zero attached hydrogens (tertiary/aromatic N) is 2. The maximum atomic E-state index is 10.5. The fraction of sp³-hybridized carbons (Fsp3) is 0.0625. The van der Waals surface area contributed by atoms with E-state index < -0.39 is 6.10 Å². The van der Waals surface area contributed by atoms with E-state index in [1.54, 1.807) is 10.9 Å². The first kappa shape index (κ1) is 13.3. The van der Waals surface area contributed by atoms with Crippen LogP contribution in [0.5, 0.6) is 0 Å². The lowest BCUT2D eigenvalue weighted by atomic mass is 10.1. The first-order valence-corrected chi connectivity index (χ1v) is 7.36. The van der Waals surface area contributed by atoms with Crippen LogP contribution < -0.4 is 0 Å². The van der Waals surface area contributed by atoms with Crippen LogP contribution in [0, 0.1) is 3.57 Å². The third-order valence-corrected chi connectivity index (χ3v) is 4.12. The molecule has 20 heavy (non-hydrogen) atoms. The van der Waals surface area contributed by atoms with Crippen LogP contribution in [-0.2, 0) is 0 Å². The molecule has 2 aromatic carbocycles. The second-order valence-electron chi connectivity index (χ2n) is 4.48. The number of aliphatic hydroxyl groups excluding tert-OH is 1. The molecule has 4 heteroatoms. The summed E-state index contributed by atoms with van der Waals surface area (Å²) in [5.74, 6) is 0. The summed E-state index contributed by atoms with van der Waals surface area (Å²) in [6.45, 7) is 0. The molecule has 1 atom stereocenters. The van der Waals surface area contributed by atoms with Crippen molar-refractivity contribution < 1.29 is 5.11 Å². The molecule has 0 aliphatic heterocycles. The van der Waals surface area contributed by atoms with Gasteiger partial charge in [0, 0.05) is 15.3 Å². The van der Waals surface area contributed by atoms with Gasteiger partial charge >= 0.3 is 0 Å². The molecule has 0 radical (unpaired) electrons. The number of halogens is 1. The molecule has 1 heterocycles. The maximum absolute atomic E-state index is 10.5. The van der Waals surface area contributed by atoms with Gasteiger partial charge in [0.05, 0.1) is 11.9 Å². The Balaban J connectivity index is 1.93. The number of aliphatic hydroxyl groups is 1. The molecule has 3 nitrogen and oxygen atoms in total. The Hall–Kier alpha value is -1.66. The van der Waals surface area contributed by atoms with Crippen molar-refractivity contribution in [2.24, 2.45) is 0 Å². The SMILES string of the molecule is OC(c1cnn(-c2ccccc2)c1)c1ccccc1I. The van der Waals surface area contributed by atoms with Gasteiger partial charge in [-0.1, -0.05) is 36.4 Å². The first-order chi connectivity index (χ1) is 9.75. The second-order valence-corrected chi connectivity index (χ2v) is 5.64. The molecule has 1 N–H and O–H groups in total. The van der Waals surface area contributed by atoms with E-state index in [1.165, 1.54) is 0 Å². The van der Waals surface area contributed by atoms with Crippen LogP contribution in [0.15, 0.2) is 67.0 Å². The number of benzene rings is 2. The van der Waals surface area contributed by atoms with E-state index >= 15 is 0 Å². The van der Waals surface area contributed by atoms with Gasteiger partial charge in [-0.2, -0.15) is 5.10 Å². The highest BCUT2D eigenvalue weighted by atomic mass is 127. The number of aromatic nitrogens is 2. The van der Waals surface area contributed by atoms with Crippen molar-refractivity contribution in [2.45, 2.75) is 6.10 Å². The van der Waals surface area contributed by atoms with Crippen molar-refractivity contribution >= 4 is 22.6 Å². The van der Waals surface area contributed by atoms with Gasteiger partial charge in [0.15, 0.2) is 0 Å². The summed E-state index contributed by atoms with van der Waals surface area (Å²) in [7, 11) is 0. The van der Waals surface area contributed by atoms with Gasteiger partial charge in [0.1, 0.15) is 6.10 Å². The maximum Gasteiger partial charge on any atom is 0.108 e. The van der Waals surface area contributed by atoms with Gasteiger partial charge in [-0.25, -0.2) is 4.68 Å². The third kappa shape index (κ3) is 2.62. The number of para-hydroxylation sites is 1. The number of hydrogen-bond donors (Lipinski definition) is 1. The van der Waals surface area contributed by atoms with Crippen LogP contribution in [0.1, 0.15) is 17.2 Å². The Labute approximate surface area is 131 Å². The van der Waals surface area contributed by atoms with Crippen LogP contribution in [0.3, 0.4) is 0 Å². The summed E-state index contributed by atoms with van der Waals surface area (Å²) in [5.41, 5.74) is 2.67. The Morgan fingerprint density at radius 1 is 1.00 bits per heavy atom. The average molecular weight is 376 g/mol. The molecule has 0 aliphatic rings. The fourth-order valence-corrected chi connectivity index (χ4v) is 2.76. The molecule has 100 valence electrons. The monoisotopic (exact) mass is 376 g/mol. The summed E-state index contributed by atoms with van der Waals surface area (Å²) in [5, 5.41) is 14.8. The molecule has 0 fully saturated rings. The Bertz CT molecular complexity index is 709. The molecule has 3 aromatic rings. The summed E-state index contributed by atoms with van der Waals surface area (Å²) in [6, 6.07) is 17.7. The van der Waals surface area contributed by atoms with Crippen molar-refractivity contribution in [2.75, 3.05) is 0 Å². The lowest BCUT2D eigenvalue weighted by molar-refractivity contribution is 0.219. The number of hydrogen-bond acceptors (Lipinski definition) is 2. The van der Waals surface area contributed by atoms with Crippen molar-refractivity contribution in [1.82, 2.24) is 9.78 Å². The summed E-state index contributed by atoms with van der Waals surface area (Å²) in [6.07, 6.45) is 2.92. The minimum Gasteiger partial charge on any atom is -0.384 e. The molecule has 0 bridgehead atoms. The van der Waals surface area contributed by atoms with Gasteiger partial charge in [-0.15, -0.1) is 0 Å². The van der Waals surface area contributed by atoms with Gasteiger partial charge in [-0.3, -0.25) is 0 Å². The van der Waals surface area contributed by atoms with E-state index in [-0.39, 0.29) is 0 Å². The summed E-state index contributed by atoms with van der Waals surface area (Å²) >= 11 is 2.23. The highest BCUT2D eigenvalue weighted by Gasteiger charge is 2.15. The van der Waals surface area contributed by atoms with E-state index in [9.17, 15) is 5.11 Å². The van der Waals surface area contributed by atoms with Gasteiger partial charge in [0.2, 0.25) is 0 Å². The highest BCUT2D eigenvalue weighted by molar-refractivity contribution is 14.1. The molecule has 0 aliphatic carbocycles. The first-order valence-electron chi connectivity index (χ1n) is 6.28. The molecule has 1 aromatic heterocycles. The quantitative estimate of drug-likeness (QED) is 0.710. The zero-order valence-electron chi connectivity index (χ0n) is 10.6. The van der Waals surface area contributed by atoms with Crippen LogP contribution in [-0.4, -0.2) is 14.9 Å². The lowest BCUT2D eigenvalue weighted by Crippen LogP contribution is -2.00. The van der Waals surface area contributed by atoms with Crippen molar-refractivity contribution in [3.8, 4) is 5.69 Å². The number of rotatable bonds is 3. The van der Waals surface area contributed by atoms with E-state index in [4.69, 9.17) is 0 Å². The molecule has 3 rings (SSSR count). The highest BCUT2D eigenvalue weighted by Crippen LogP contribution is 2.26. The Kier molecular flexibility index (Phi) is 3.84. The molecule has 0 spiro atoms. The van der Waals surface area contributed by atoms with E-state index in [2.05, 4.69) is 27.7 Å². The lowest BCUT2D eigenvalue weighted by Gasteiger charge is -2.10. The van der Waals surface area contributed by atoms with E-state index in [0.717, 1.165) is 20.4 Å². The summed E-state index contributed by atoms with van der Waals surface area (Å²) in [4.78, 5) is 0. The van der Waals surface area contributed by atoms with Gasteiger partial charge < -0.3 is 5.11 Å². The van der Waals surface area contributed by atoms with Crippen LogP contribution in [0.25, 0.3) is 5.69 Å². The minimum atomic E-state index is -0.652. The van der Waals surface area contributed by atoms with Gasteiger partial charge in [-0.05, 0) is 46.4 Å². The van der Waals surface area contributed by atoms with Crippen LogP contribution in [0.4, 0.5) is 0 Å². The van der Waals surface area contributed by atoms with E-state index in [1.807, 2.05) is 60.8 Å². The molecule has 1 unspecified atom stereocenters. The molecule has 0 saturated carbocycles. The summed E-state index contributed by atoms with van der Waals surface area (Å²) < 4.78 is 2.82. The normalized spacial score (nSPS) is 12.3. The minimum absolute atomic E-state index is 0.652. The van der Waals surface area contributed by atoms with Crippen LogP contribution >= 0.6 is 22.6 Å². The van der Waals surface area contributed by atoms with Gasteiger partial charge in [0.25, 0.3) is 0 Å². The molecule has 0 amide bonds. The van der Waals surface area contributed by atoms with Crippen LogP contribution in [0.2, 0.25) is 0 Å². The predicted molar refractivity (Wildman–Crippen MR) is 86.8 cm³/mol. The van der Waals surface area contributed by atoms with E-state index in [0.29, 0.717) is 0 Å². The van der Waals surface area contributed by atoms with Crippen molar-refractivity contribution in [3.05, 3.63) is 81.7 Å². The smallest absolute Gasteiger partial charge is 0.108 e. The van der Waals surface area contributed by atoms with Crippen molar-refractivity contribution in [1.29, 1.82) is 0 Å². The average Bonchev–Trinajstić information content (AvgIpc) is 2.98. The molecule has 0 saturated heterocycles. The topological polar surface area (TPSA) is 38.1 Å². The second kappa shape index (κ2) is 5.76. The zero-order valence-corrected chi connectivity index (χ0v) is 12.8. The standard InChI is InChI=1S/C16H13IN2O/c17-15-9-5-4-8-14(15)16(20)12-10-18-19(11-12)13-6-2-1-3-7-13/h1-11,16,20H. The molecular weight excluding hydrogens is 363 g/mol. The largest absolute Gasteiger partial charge is 0.384 e. The predicted octanol–water partition coefficient (Wildman–Crippen LogP) is 3.56.